The number of nitrogens with zero attached hydrogens (tertiary/aromatic N) is 2. The molecule has 1 aromatic heterocycles. The molecule has 1 aromatic rings. The van der Waals surface area contributed by atoms with Gasteiger partial charge in [-0.2, -0.15) is 13.2 Å². The monoisotopic (exact) mass is 288 g/mol. The van der Waals surface area contributed by atoms with Crippen molar-refractivity contribution in [3.05, 3.63) is 23.9 Å². The number of hydrogen-bond acceptors (Lipinski definition) is 3. The van der Waals surface area contributed by atoms with Gasteiger partial charge in [-0.25, -0.2) is 4.98 Å². The highest BCUT2D eigenvalue weighted by Crippen LogP contribution is 2.37. The molecule has 0 aromatic carbocycles. The predicted molar refractivity (Wildman–Crippen MR) is 70.5 cm³/mol. The number of aliphatic hydroxyl groups excluding tert-OH is 1. The highest BCUT2D eigenvalue weighted by molar-refractivity contribution is 5.49. The van der Waals surface area contributed by atoms with E-state index in [-0.39, 0.29) is 25.0 Å². The molecule has 1 fully saturated rings. The van der Waals surface area contributed by atoms with E-state index in [2.05, 4.69) is 4.98 Å². The van der Waals surface area contributed by atoms with Gasteiger partial charge in [-0.05, 0) is 25.0 Å². The first kappa shape index (κ1) is 15.1. The van der Waals surface area contributed by atoms with Crippen molar-refractivity contribution in [2.24, 2.45) is 0 Å². The molecule has 0 atom stereocenters. The van der Waals surface area contributed by atoms with Crippen molar-refractivity contribution >= 4 is 5.82 Å². The van der Waals surface area contributed by atoms with Crippen molar-refractivity contribution in [1.82, 2.24) is 4.98 Å². The number of hydrogen-bond donors (Lipinski definition) is 1. The molecule has 0 bridgehead atoms. The summed E-state index contributed by atoms with van der Waals surface area (Å²) >= 11 is 0. The van der Waals surface area contributed by atoms with E-state index >= 15 is 0 Å². The Hall–Kier alpha value is -1.30. The van der Waals surface area contributed by atoms with Crippen LogP contribution in [0.1, 0.15) is 37.7 Å². The second-order valence-corrected chi connectivity index (χ2v) is 5.08. The van der Waals surface area contributed by atoms with Crippen molar-refractivity contribution in [3.8, 4) is 0 Å². The molecular weight excluding hydrogens is 269 g/mol. The summed E-state index contributed by atoms with van der Waals surface area (Å²) in [5.41, 5.74) is -0.723. The molecule has 0 saturated heterocycles. The molecule has 0 aliphatic heterocycles. The minimum atomic E-state index is -4.42. The molecular formula is C14H19F3N2O. The second kappa shape index (κ2) is 6.43. The summed E-state index contributed by atoms with van der Waals surface area (Å²) < 4.78 is 39.3. The zero-order chi connectivity index (χ0) is 14.6. The van der Waals surface area contributed by atoms with Crippen LogP contribution in [0.4, 0.5) is 19.0 Å². The van der Waals surface area contributed by atoms with Gasteiger partial charge in [0.2, 0.25) is 0 Å². The third kappa shape index (κ3) is 3.42. The van der Waals surface area contributed by atoms with E-state index in [0.717, 1.165) is 38.2 Å². The molecule has 112 valence electrons. The van der Waals surface area contributed by atoms with E-state index in [1.807, 2.05) is 0 Å². The molecule has 1 aliphatic rings. The summed E-state index contributed by atoms with van der Waals surface area (Å²) in [5.74, 6) is -0.0547. The first-order chi connectivity index (χ1) is 9.54. The van der Waals surface area contributed by atoms with Crippen molar-refractivity contribution in [2.75, 3.05) is 18.1 Å². The Bertz CT molecular complexity index is 431. The Labute approximate surface area is 116 Å². The molecule has 0 amide bonds. The van der Waals surface area contributed by atoms with Gasteiger partial charge >= 0.3 is 6.18 Å². The molecule has 1 heterocycles. The van der Waals surface area contributed by atoms with Gasteiger partial charge in [0.25, 0.3) is 0 Å². The quantitative estimate of drug-likeness (QED) is 0.924. The van der Waals surface area contributed by atoms with Crippen LogP contribution < -0.4 is 4.90 Å². The van der Waals surface area contributed by atoms with E-state index in [9.17, 15) is 18.3 Å². The van der Waals surface area contributed by atoms with E-state index < -0.39 is 11.7 Å². The van der Waals surface area contributed by atoms with Crippen LogP contribution in [0, 0.1) is 0 Å². The Morgan fingerprint density at radius 3 is 2.55 bits per heavy atom. The van der Waals surface area contributed by atoms with Gasteiger partial charge in [-0.3, -0.25) is 0 Å². The molecule has 1 aliphatic carbocycles. The van der Waals surface area contributed by atoms with Crippen LogP contribution >= 0.6 is 0 Å². The standard InChI is InChI=1S/C14H19F3N2O/c15-14(16,17)12-7-4-8-18-13(12)19(9-10-20)11-5-2-1-3-6-11/h4,7-8,11,20H,1-3,5-6,9-10H2. The molecule has 1 saturated carbocycles. The van der Waals surface area contributed by atoms with Crippen LogP contribution in [0.2, 0.25) is 0 Å². The summed E-state index contributed by atoms with van der Waals surface area (Å²) in [4.78, 5) is 5.56. The fraction of sp³-hybridized carbons (Fsp3) is 0.643. The number of halogens is 3. The largest absolute Gasteiger partial charge is 0.419 e. The van der Waals surface area contributed by atoms with Crippen LogP contribution in [-0.2, 0) is 6.18 Å². The number of rotatable bonds is 4. The number of aromatic nitrogens is 1. The topological polar surface area (TPSA) is 36.4 Å². The zero-order valence-electron chi connectivity index (χ0n) is 11.2. The summed E-state index contributed by atoms with van der Waals surface area (Å²) in [6, 6.07) is 2.38. The Morgan fingerprint density at radius 2 is 1.95 bits per heavy atom. The van der Waals surface area contributed by atoms with E-state index in [4.69, 9.17) is 0 Å². The van der Waals surface area contributed by atoms with Crippen LogP contribution in [-0.4, -0.2) is 29.3 Å². The lowest BCUT2D eigenvalue weighted by atomic mass is 9.94. The smallest absolute Gasteiger partial charge is 0.395 e. The predicted octanol–water partition coefficient (Wildman–Crippen LogP) is 3.23. The first-order valence-corrected chi connectivity index (χ1v) is 6.93. The van der Waals surface area contributed by atoms with Crippen molar-refractivity contribution in [3.63, 3.8) is 0 Å². The average Bonchev–Trinajstić information content (AvgIpc) is 2.45. The van der Waals surface area contributed by atoms with Crippen molar-refractivity contribution in [1.29, 1.82) is 0 Å². The summed E-state index contributed by atoms with van der Waals surface area (Å²) in [7, 11) is 0. The third-order valence-corrected chi connectivity index (χ3v) is 3.72. The number of anilines is 1. The Balaban J connectivity index is 2.33. The molecule has 1 N–H and O–H groups in total. The number of alkyl halides is 3. The maximum absolute atomic E-state index is 13.1. The number of pyridine rings is 1. The third-order valence-electron chi connectivity index (χ3n) is 3.72. The van der Waals surface area contributed by atoms with Gasteiger partial charge in [0, 0.05) is 18.8 Å². The fourth-order valence-corrected chi connectivity index (χ4v) is 2.81. The minimum Gasteiger partial charge on any atom is -0.395 e. The van der Waals surface area contributed by atoms with E-state index in [0.29, 0.717) is 0 Å². The lowest BCUT2D eigenvalue weighted by Crippen LogP contribution is -2.40. The molecule has 20 heavy (non-hydrogen) atoms. The lowest BCUT2D eigenvalue weighted by molar-refractivity contribution is -0.137. The maximum Gasteiger partial charge on any atom is 0.419 e. The van der Waals surface area contributed by atoms with Crippen molar-refractivity contribution in [2.45, 2.75) is 44.3 Å². The Kier molecular flexibility index (Phi) is 4.86. The molecule has 2 rings (SSSR count). The van der Waals surface area contributed by atoms with E-state index in [1.54, 1.807) is 4.90 Å². The molecule has 0 spiro atoms. The fourth-order valence-electron chi connectivity index (χ4n) is 2.81. The van der Waals surface area contributed by atoms with Gasteiger partial charge in [0.05, 0.1) is 12.2 Å². The van der Waals surface area contributed by atoms with Crippen LogP contribution in [0.5, 0.6) is 0 Å². The van der Waals surface area contributed by atoms with Crippen molar-refractivity contribution < 1.29 is 18.3 Å². The molecule has 0 unspecified atom stereocenters. The normalized spacial score (nSPS) is 17.2. The summed E-state index contributed by atoms with van der Waals surface area (Å²) in [6.07, 6.45) is 1.81. The van der Waals surface area contributed by atoms with E-state index in [1.165, 1.54) is 12.3 Å². The molecule has 3 nitrogen and oxygen atoms in total. The van der Waals surface area contributed by atoms with Crippen LogP contribution in [0.3, 0.4) is 0 Å². The maximum atomic E-state index is 13.1. The highest BCUT2D eigenvalue weighted by atomic mass is 19.4. The Morgan fingerprint density at radius 1 is 1.25 bits per heavy atom. The molecule has 0 radical (unpaired) electrons. The van der Waals surface area contributed by atoms with Gasteiger partial charge in [0.1, 0.15) is 5.82 Å². The SMILES string of the molecule is OCCN(c1ncccc1C(F)(F)F)C1CCCCC1. The van der Waals surface area contributed by atoms with Gasteiger partial charge in [-0.1, -0.05) is 19.3 Å². The van der Waals surface area contributed by atoms with Crippen LogP contribution in [0.25, 0.3) is 0 Å². The second-order valence-electron chi connectivity index (χ2n) is 5.08. The van der Waals surface area contributed by atoms with Gasteiger partial charge < -0.3 is 10.0 Å². The lowest BCUT2D eigenvalue weighted by Gasteiger charge is -2.36. The van der Waals surface area contributed by atoms with Gasteiger partial charge in [-0.15, -0.1) is 0 Å². The average molecular weight is 288 g/mol. The minimum absolute atomic E-state index is 0.0342. The summed E-state index contributed by atoms with van der Waals surface area (Å²) in [5, 5.41) is 9.17. The zero-order valence-corrected chi connectivity index (χ0v) is 11.2. The first-order valence-electron chi connectivity index (χ1n) is 6.93. The summed E-state index contributed by atoms with van der Waals surface area (Å²) in [6.45, 7) is 0.00906. The highest BCUT2D eigenvalue weighted by Gasteiger charge is 2.37. The number of aliphatic hydroxyl groups is 1. The van der Waals surface area contributed by atoms with Gasteiger partial charge in [0.15, 0.2) is 0 Å². The van der Waals surface area contributed by atoms with Crippen LogP contribution in [0.15, 0.2) is 18.3 Å². The molecule has 6 heteroatoms.